The van der Waals surface area contributed by atoms with Gasteiger partial charge in [-0.25, -0.2) is 14.2 Å². The molecule has 4 aromatic rings. The molecule has 0 saturated heterocycles. The number of aromatic nitrogens is 5. The van der Waals surface area contributed by atoms with Crippen molar-refractivity contribution in [3.63, 3.8) is 0 Å². The van der Waals surface area contributed by atoms with Crippen LogP contribution in [0.3, 0.4) is 0 Å². The second kappa shape index (κ2) is 7.56. The minimum Gasteiger partial charge on any atom is -0.465 e. The van der Waals surface area contributed by atoms with E-state index < -0.39 is 11.9 Å². The van der Waals surface area contributed by atoms with Crippen molar-refractivity contribution in [2.24, 2.45) is 7.05 Å². The van der Waals surface area contributed by atoms with Crippen LogP contribution in [-0.4, -0.2) is 42.2 Å². The lowest BCUT2D eigenvalue weighted by atomic mass is 9.98. The fourth-order valence-electron chi connectivity index (χ4n) is 3.93. The van der Waals surface area contributed by atoms with Crippen molar-refractivity contribution in [3.8, 4) is 11.1 Å². The summed E-state index contributed by atoms with van der Waals surface area (Å²) in [6.07, 6.45) is 6.13. The molecule has 10 heteroatoms. The molecule has 1 saturated carbocycles. The first-order valence-corrected chi connectivity index (χ1v) is 10.1. The van der Waals surface area contributed by atoms with E-state index >= 15 is 4.39 Å². The zero-order chi connectivity index (χ0) is 22.4. The van der Waals surface area contributed by atoms with Gasteiger partial charge in [-0.15, -0.1) is 5.10 Å². The largest absolute Gasteiger partial charge is 0.465 e. The number of carboxylic acid groups (broad SMARTS) is 1. The van der Waals surface area contributed by atoms with Crippen molar-refractivity contribution >= 4 is 28.4 Å². The molecular formula is C22H20FN7O2. The van der Waals surface area contributed by atoms with Crippen LogP contribution in [0.5, 0.6) is 0 Å². The monoisotopic (exact) mass is 433 g/mol. The first-order valence-electron chi connectivity index (χ1n) is 10.1. The van der Waals surface area contributed by atoms with Crippen molar-refractivity contribution in [2.45, 2.75) is 25.3 Å². The summed E-state index contributed by atoms with van der Waals surface area (Å²) in [7, 11) is 1.83. The summed E-state index contributed by atoms with van der Waals surface area (Å²) in [6, 6.07) is 5.45. The Bertz CT molecular complexity index is 1350. The first kappa shape index (κ1) is 19.9. The van der Waals surface area contributed by atoms with Gasteiger partial charge in [-0.1, -0.05) is 5.21 Å². The number of hydrogen-bond acceptors (Lipinski definition) is 6. The second-order valence-electron chi connectivity index (χ2n) is 7.93. The summed E-state index contributed by atoms with van der Waals surface area (Å²) in [5.41, 5.74) is 2.49. The number of amides is 1. The molecule has 3 aromatic heterocycles. The van der Waals surface area contributed by atoms with Gasteiger partial charge in [0.15, 0.2) is 5.82 Å². The minimum atomic E-state index is -1.35. The van der Waals surface area contributed by atoms with Gasteiger partial charge in [0.05, 0.1) is 11.4 Å². The summed E-state index contributed by atoms with van der Waals surface area (Å²) in [6.45, 7) is 1.85. The smallest absolute Gasteiger partial charge is 0.409 e. The Morgan fingerprint density at radius 2 is 2.12 bits per heavy atom. The number of hydrogen-bond donors (Lipinski definition) is 3. The van der Waals surface area contributed by atoms with Crippen LogP contribution in [0.25, 0.3) is 21.9 Å². The third-order valence-corrected chi connectivity index (χ3v) is 5.65. The van der Waals surface area contributed by atoms with Crippen molar-refractivity contribution in [1.29, 1.82) is 0 Å². The van der Waals surface area contributed by atoms with E-state index in [1.807, 2.05) is 20.2 Å². The van der Waals surface area contributed by atoms with Gasteiger partial charge in [0, 0.05) is 60.3 Å². The van der Waals surface area contributed by atoms with Crippen LogP contribution >= 0.6 is 0 Å². The van der Waals surface area contributed by atoms with E-state index in [2.05, 4.69) is 30.9 Å². The average molecular weight is 433 g/mol. The summed E-state index contributed by atoms with van der Waals surface area (Å²) < 4.78 is 17.1. The van der Waals surface area contributed by atoms with Crippen molar-refractivity contribution < 1.29 is 14.3 Å². The predicted molar refractivity (Wildman–Crippen MR) is 117 cm³/mol. The van der Waals surface area contributed by atoms with Gasteiger partial charge in [0.25, 0.3) is 0 Å². The molecule has 2 unspecified atom stereocenters. The van der Waals surface area contributed by atoms with E-state index in [1.54, 1.807) is 35.3 Å². The Balaban J connectivity index is 1.54. The first-order chi connectivity index (χ1) is 15.4. The molecule has 1 amide bonds. The van der Waals surface area contributed by atoms with Gasteiger partial charge >= 0.3 is 6.09 Å². The number of anilines is 2. The molecule has 3 N–H and O–H groups in total. The molecule has 0 bridgehead atoms. The van der Waals surface area contributed by atoms with Crippen molar-refractivity contribution in [1.82, 2.24) is 25.0 Å². The highest BCUT2D eigenvalue weighted by Crippen LogP contribution is 2.42. The number of halogens is 1. The Kier molecular flexibility index (Phi) is 4.69. The van der Waals surface area contributed by atoms with Gasteiger partial charge < -0.3 is 10.4 Å². The van der Waals surface area contributed by atoms with Gasteiger partial charge in [-0.2, -0.15) is 0 Å². The molecule has 162 valence electrons. The SMILES string of the molecule is Cc1ccncc1-c1cc2cc(NC3CC3c3cn(C)nn3)ncc2c(NC(=O)O)c1F. The molecule has 0 radical (unpaired) electrons. The molecule has 5 rings (SSSR count). The molecule has 1 aromatic carbocycles. The third-order valence-electron chi connectivity index (χ3n) is 5.65. The molecule has 32 heavy (non-hydrogen) atoms. The summed E-state index contributed by atoms with van der Waals surface area (Å²) in [5, 5.41) is 24.0. The van der Waals surface area contributed by atoms with E-state index in [9.17, 15) is 9.90 Å². The van der Waals surface area contributed by atoms with E-state index in [1.165, 1.54) is 6.20 Å². The minimum absolute atomic E-state index is 0.129. The molecule has 1 aliphatic carbocycles. The second-order valence-corrected chi connectivity index (χ2v) is 7.93. The number of aryl methyl sites for hydroxylation is 2. The predicted octanol–water partition coefficient (Wildman–Crippen LogP) is 3.93. The number of benzene rings is 1. The van der Waals surface area contributed by atoms with Gasteiger partial charge in [0.1, 0.15) is 5.82 Å². The normalized spacial score (nSPS) is 17.3. The van der Waals surface area contributed by atoms with Crippen LogP contribution in [-0.2, 0) is 7.05 Å². The zero-order valence-corrected chi connectivity index (χ0v) is 17.4. The van der Waals surface area contributed by atoms with Gasteiger partial charge in [-0.3, -0.25) is 15.0 Å². The Morgan fingerprint density at radius 3 is 2.84 bits per heavy atom. The summed E-state index contributed by atoms with van der Waals surface area (Å²) in [4.78, 5) is 19.8. The highest BCUT2D eigenvalue weighted by atomic mass is 19.1. The van der Waals surface area contributed by atoms with Crippen LogP contribution in [0.1, 0.15) is 23.6 Å². The maximum absolute atomic E-state index is 15.4. The summed E-state index contributed by atoms with van der Waals surface area (Å²) >= 11 is 0. The molecular weight excluding hydrogens is 413 g/mol. The van der Waals surface area contributed by atoms with Crippen molar-refractivity contribution in [3.05, 3.63) is 60.1 Å². The van der Waals surface area contributed by atoms with Crippen LogP contribution in [0.15, 0.2) is 43.0 Å². The number of pyridine rings is 2. The molecule has 9 nitrogen and oxygen atoms in total. The maximum Gasteiger partial charge on any atom is 0.409 e. The number of fused-ring (bicyclic) bond motifs is 1. The molecule has 0 aliphatic heterocycles. The van der Waals surface area contributed by atoms with Crippen LogP contribution < -0.4 is 10.6 Å². The quantitative estimate of drug-likeness (QED) is 0.436. The molecule has 3 heterocycles. The lowest BCUT2D eigenvalue weighted by molar-refractivity contribution is 0.209. The summed E-state index contributed by atoms with van der Waals surface area (Å²) in [5.74, 6) is 0.214. The highest BCUT2D eigenvalue weighted by molar-refractivity contribution is 6.03. The third kappa shape index (κ3) is 3.59. The fraction of sp³-hybridized carbons (Fsp3) is 0.227. The topological polar surface area (TPSA) is 118 Å². The lowest BCUT2D eigenvalue weighted by Gasteiger charge is -2.15. The van der Waals surface area contributed by atoms with E-state index in [-0.39, 0.29) is 23.2 Å². The molecule has 0 spiro atoms. The number of carbonyl (C=O) groups is 1. The average Bonchev–Trinajstić information content (AvgIpc) is 3.38. The van der Waals surface area contributed by atoms with E-state index in [0.717, 1.165) is 17.7 Å². The Hall–Kier alpha value is -4.08. The van der Waals surface area contributed by atoms with Crippen LogP contribution in [0.2, 0.25) is 0 Å². The van der Waals surface area contributed by atoms with E-state index in [4.69, 9.17) is 0 Å². The number of nitrogens with one attached hydrogen (secondary N) is 2. The number of nitrogens with zero attached hydrogens (tertiary/aromatic N) is 5. The highest BCUT2D eigenvalue weighted by Gasteiger charge is 2.40. The van der Waals surface area contributed by atoms with E-state index in [0.29, 0.717) is 22.2 Å². The standard InChI is InChI=1S/C22H20FN7O2/c1-11-3-4-24-8-15(11)13-5-12-6-19(25-9-16(12)21(20(13)23)27-22(31)32)26-17-7-14(17)18-10-30(2)29-28-18/h3-6,8-10,14,17,27H,7H2,1-2H3,(H,25,26)(H,31,32). The maximum atomic E-state index is 15.4. The molecule has 1 fully saturated rings. The zero-order valence-electron chi connectivity index (χ0n) is 17.4. The van der Waals surface area contributed by atoms with Gasteiger partial charge in [0.2, 0.25) is 0 Å². The number of rotatable bonds is 5. The lowest BCUT2D eigenvalue weighted by Crippen LogP contribution is -2.11. The Morgan fingerprint density at radius 1 is 1.28 bits per heavy atom. The fourth-order valence-corrected chi connectivity index (χ4v) is 3.93. The van der Waals surface area contributed by atoms with Gasteiger partial charge in [-0.05, 0) is 42.5 Å². The van der Waals surface area contributed by atoms with Crippen LogP contribution in [0.4, 0.5) is 20.7 Å². The molecule has 1 aliphatic rings. The molecule has 2 atom stereocenters. The van der Waals surface area contributed by atoms with Crippen LogP contribution in [0, 0.1) is 12.7 Å². The Labute approximate surface area is 182 Å². The van der Waals surface area contributed by atoms with Crippen molar-refractivity contribution in [2.75, 3.05) is 10.6 Å².